The lowest BCUT2D eigenvalue weighted by Crippen LogP contribution is -2.43. The number of benzene rings is 1. The number of thiophene rings is 1. The molecular formula is C20H19FN4O2S3. The van der Waals surface area contributed by atoms with Crippen molar-refractivity contribution < 1.29 is 14.0 Å². The van der Waals surface area contributed by atoms with Crippen LogP contribution in [0.1, 0.15) is 28.1 Å². The average Bonchev–Trinajstić information content (AvgIpc) is 3.44. The minimum absolute atomic E-state index is 0.155. The third kappa shape index (κ3) is 5.24. The van der Waals surface area contributed by atoms with Gasteiger partial charge in [0.25, 0.3) is 5.91 Å². The monoisotopic (exact) mass is 462 g/mol. The Morgan fingerprint density at radius 2 is 2.07 bits per heavy atom. The fraction of sp³-hybridized carbons (Fsp3) is 0.300. The van der Waals surface area contributed by atoms with Crippen LogP contribution in [0.15, 0.2) is 46.1 Å². The van der Waals surface area contributed by atoms with Crippen LogP contribution in [0.3, 0.4) is 0 Å². The number of nitrogens with one attached hydrogen (secondary N) is 1. The second-order valence-electron chi connectivity index (χ2n) is 6.83. The highest BCUT2D eigenvalue weighted by atomic mass is 32.2. The lowest BCUT2D eigenvalue weighted by molar-refractivity contribution is -0.121. The maximum atomic E-state index is 13.1. The van der Waals surface area contributed by atoms with E-state index in [1.165, 1.54) is 40.5 Å². The predicted molar refractivity (Wildman–Crippen MR) is 117 cm³/mol. The second kappa shape index (κ2) is 9.67. The summed E-state index contributed by atoms with van der Waals surface area (Å²) in [6.07, 6.45) is 1.45. The van der Waals surface area contributed by atoms with E-state index in [4.69, 9.17) is 0 Å². The molecule has 2 aromatic heterocycles. The number of carbonyl (C=O) groups excluding carboxylic acids is 2. The number of halogens is 1. The SMILES string of the molecule is O=C(Nc1nnc(SCc2cccs2)s1)C1CCCN(C(=O)c2ccc(F)cc2)C1. The summed E-state index contributed by atoms with van der Waals surface area (Å²) < 4.78 is 13.9. The number of nitrogens with zero attached hydrogens (tertiary/aromatic N) is 3. The van der Waals surface area contributed by atoms with Gasteiger partial charge >= 0.3 is 0 Å². The summed E-state index contributed by atoms with van der Waals surface area (Å²) in [6, 6.07) is 9.57. The Hall–Kier alpha value is -2.30. The fourth-order valence-electron chi connectivity index (χ4n) is 3.20. The molecule has 6 nitrogen and oxygen atoms in total. The molecule has 1 aromatic carbocycles. The van der Waals surface area contributed by atoms with Crippen molar-refractivity contribution in [3.63, 3.8) is 0 Å². The molecule has 0 bridgehead atoms. The molecule has 1 fully saturated rings. The van der Waals surface area contributed by atoms with Gasteiger partial charge in [-0.15, -0.1) is 21.5 Å². The van der Waals surface area contributed by atoms with E-state index in [9.17, 15) is 14.0 Å². The Balaban J connectivity index is 1.32. The molecule has 3 heterocycles. The number of anilines is 1. The maximum Gasteiger partial charge on any atom is 0.253 e. The van der Waals surface area contributed by atoms with Gasteiger partial charge in [0.2, 0.25) is 11.0 Å². The first-order valence-electron chi connectivity index (χ1n) is 9.43. The average molecular weight is 463 g/mol. The molecule has 0 radical (unpaired) electrons. The molecular weight excluding hydrogens is 443 g/mol. The van der Waals surface area contributed by atoms with Crippen molar-refractivity contribution in [3.05, 3.63) is 58.0 Å². The fourth-order valence-corrected chi connectivity index (χ4v) is 5.73. The molecule has 1 saturated heterocycles. The van der Waals surface area contributed by atoms with Crippen molar-refractivity contribution in [2.45, 2.75) is 22.9 Å². The Labute approximate surface area is 185 Å². The van der Waals surface area contributed by atoms with Crippen LogP contribution < -0.4 is 5.32 Å². The topological polar surface area (TPSA) is 75.2 Å². The van der Waals surface area contributed by atoms with Crippen molar-refractivity contribution in [2.24, 2.45) is 5.92 Å². The minimum Gasteiger partial charge on any atom is -0.338 e. The van der Waals surface area contributed by atoms with E-state index in [2.05, 4.69) is 21.6 Å². The van der Waals surface area contributed by atoms with Gasteiger partial charge in [-0.3, -0.25) is 9.59 Å². The van der Waals surface area contributed by atoms with Crippen LogP contribution >= 0.6 is 34.4 Å². The van der Waals surface area contributed by atoms with Crippen molar-refractivity contribution in [2.75, 3.05) is 18.4 Å². The molecule has 1 unspecified atom stereocenters. The molecule has 10 heteroatoms. The molecule has 3 aromatic rings. The minimum atomic E-state index is -0.382. The molecule has 4 rings (SSSR count). The highest BCUT2D eigenvalue weighted by Crippen LogP contribution is 2.30. The first-order valence-corrected chi connectivity index (χ1v) is 12.1. The number of piperidine rings is 1. The lowest BCUT2D eigenvalue weighted by Gasteiger charge is -2.32. The van der Waals surface area contributed by atoms with Crippen LogP contribution in [0, 0.1) is 11.7 Å². The van der Waals surface area contributed by atoms with E-state index in [0.29, 0.717) is 30.2 Å². The molecule has 0 aliphatic carbocycles. The quantitative estimate of drug-likeness (QED) is 0.431. The number of amides is 2. The summed E-state index contributed by atoms with van der Waals surface area (Å²) in [5.74, 6) is -0.210. The molecule has 0 spiro atoms. The van der Waals surface area contributed by atoms with Crippen LogP contribution in [0.25, 0.3) is 0 Å². The zero-order chi connectivity index (χ0) is 20.9. The molecule has 156 valence electrons. The van der Waals surface area contributed by atoms with Crippen LogP contribution in [-0.4, -0.2) is 40.0 Å². The zero-order valence-corrected chi connectivity index (χ0v) is 18.4. The molecule has 1 aliphatic heterocycles. The third-order valence-corrected chi connectivity index (χ3v) is 7.81. The molecule has 0 saturated carbocycles. The van der Waals surface area contributed by atoms with Crippen molar-refractivity contribution >= 4 is 51.4 Å². The number of carbonyl (C=O) groups is 2. The molecule has 1 aliphatic rings. The summed E-state index contributed by atoms with van der Waals surface area (Å²) in [5.41, 5.74) is 0.425. The van der Waals surface area contributed by atoms with Gasteiger partial charge < -0.3 is 10.2 Å². The number of likely N-dealkylation sites (tertiary alicyclic amines) is 1. The van der Waals surface area contributed by atoms with Gasteiger partial charge in [0.05, 0.1) is 5.92 Å². The number of aromatic nitrogens is 2. The number of thioether (sulfide) groups is 1. The second-order valence-corrected chi connectivity index (χ2v) is 10.1. The van der Waals surface area contributed by atoms with Gasteiger partial charge in [0.15, 0.2) is 4.34 Å². The third-order valence-electron chi connectivity index (χ3n) is 4.73. The van der Waals surface area contributed by atoms with Gasteiger partial charge in [0.1, 0.15) is 5.82 Å². The smallest absolute Gasteiger partial charge is 0.253 e. The van der Waals surface area contributed by atoms with Crippen molar-refractivity contribution in [1.29, 1.82) is 0 Å². The van der Waals surface area contributed by atoms with Gasteiger partial charge in [-0.2, -0.15) is 0 Å². The van der Waals surface area contributed by atoms with Crippen molar-refractivity contribution in [1.82, 2.24) is 15.1 Å². The van der Waals surface area contributed by atoms with E-state index >= 15 is 0 Å². The largest absolute Gasteiger partial charge is 0.338 e. The van der Waals surface area contributed by atoms with E-state index in [1.807, 2.05) is 11.4 Å². The summed E-state index contributed by atoms with van der Waals surface area (Å²) >= 11 is 4.63. The first-order chi connectivity index (χ1) is 14.6. The predicted octanol–water partition coefficient (Wildman–Crippen LogP) is 4.52. The molecule has 1 atom stereocenters. The Kier molecular flexibility index (Phi) is 6.76. The number of hydrogen-bond acceptors (Lipinski definition) is 7. The normalized spacial score (nSPS) is 16.4. The molecule has 1 N–H and O–H groups in total. The number of rotatable bonds is 6. The molecule has 30 heavy (non-hydrogen) atoms. The zero-order valence-electron chi connectivity index (χ0n) is 15.9. The van der Waals surface area contributed by atoms with E-state index < -0.39 is 0 Å². The summed E-state index contributed by atoms with van der Waals surface area (Å²) in [7, 11) is 0. The van der Waals surface area contributed by atoms with Crippen LogP contribution in [0.2, 0.25) is 0 Å². The summed E-state index contributed by atoms with van der Waals surface area (Å²) in [4.78, 5) is 28.3. The van der Waals surface area contributed by atoms with E-state index in [1.54, 1.807) is 28.0 Å². The number of hydrogen-bond donors (Lipinski definition) is 1. The standard InChI is InChI=1S/C20H19FN4O2S3/c21-15-7-5-13(6-8-15)18(27)25-9-1-3-14(11-25)17(26)22-19-23-24-20(30-19)29-12-16-4-2-10-28-16/h2,4-8,10,14H,1,3,9,11-12H2,(H,22,23,26). The Bertz CT molecular complexity index is 1010. The van der Waals surface area contributed by atoms with Crippen molar-refractivity contribution in [3.8, 4) is 0 Å². The van der Waals surface area contributed by atoms with E-state index in [-0.39, 0.29) is 23.5 Å². The Morgan fingerprint density at radius 3 is 2.83 bits per heavy atom. The van der Waals surface area contributed by atoms with Gasteiger partial charge in [-0.25, -0.2) is 4.39 Å². The van der Waals surface area contributed by atoms with Gasteiger partial charge in [-0.05, 0) is 48.6 Å². The highest BCUT2D eigenvalue weighted by molar-refractivity contribution is 8.00. The lowest BCUT2D eigenvalue weighted by atomic mass is 9.96. The summed E-state index contributed by atoms with van der Waals surface area (Å²) in [6.45, 7) is 0.920. The van der Waals surface area contributed by atoms with Crippen LogP contribution in [-0.2, 0) is 10.5 Å². The van der Waals surface area contributed by atoms with E-state index in [0.717, 1.165) is 16.5 Å². The maximum absolute atomic E-state index is 13.1. The highest BCUT2D eigenvalue weighted by Gasteiger charge is 2.29. The van der Waals surface area contributed by atoms with Crippen LogP contribution in [0.4, 0.5) is 9.52 Å². The van der Waals surface area contributed by atoms with Gasteiger partial charge in [-0.1, -0.05) is 29.2 Å². The molecule has 2 amide bonds. The summed E-state index contributed by atoms with van der Waals surface area (Å²) in [5, 5.41) is 13.5. The first kappa shape index (κ1) is 21.0. The van der Waals surface area contributed by atoms with Crippen LogP contribution in [0.5, 0.6) is 0 Å². The Morgan fingerprint density at radius 1 is 1.23 bits per heavy atom. The van der Waals surface area contributed by atoms with Gasteiger partial charge in [0, 0.05) is 29.3 Å².